The molecule has 2 saturated heterocycles. The molecule has 140 valence electrons. The quantitative estimate of drug-likeness (QED) is 0.743. The SMILES string of the molecule is O=C1CC[C@H](C(=O)NCC2(c3cccc(F)c3)CCOCC2)NC(=O)N1. The number of hydrogen-bond donors (Lipinski definition) is 3. The van der Waals surface area contributed by atoms with Gasteiger partial charge in [0.2, 0.25) is 11.8 Å². The highest BCUT2D eigenvalue weighted by Crippen LogP contribution is 2.34. The molecule has 1 aromatic carbocycles. The Kier molecular flexibility index (Phi) is 5.51. The Labute approximate surface area is 150 Å². The molecular weight excluding hydrogens is 341 g/mol. The Hall–Kier alpha value is -2.48. The van der Waals surface area contributed by atoms with Crippen LogP contribution in [0.1, 0.15) is 31.2 Å². The average Bonchev–Trinajstić information content (AvgIpc) is 2.80. The van der Waals surface area contributed by atoms with Crippen LogP contribution in [0.2, 0.25) is 0 Å². The van der Waals surface area contributed by atoms with Crippen LogP contribution in [0.4, 0.5) is 9.18 Å². The maximum absolute atomic E-state index is 13.7. The molecule has 7 nitrogen and oxygen atoms in total. The van der Waals surface area contributed by atoms with Gasteiger partial charge in [0.05, 0.1) is 0 Å². The van der Waals surface area contributed by atoms with E-state index in [0.29, 0.717) is 32.6 Å². The van der Waals surface area contributed by atoms with E-state index in [-0.39, 0.29) is 24.6 Å². The predicted molar refractivity (Wildman–Crippen MR) is 90.8 cm³/mol. The number of carbonyl (C=O) groups excluding carboxylic acids is 3. The molecule has 8 heteroatoms. The fourth-order valence-corrected chi connectivity index (χ4v) is 3.46. The van der Waals surface area contributed by atoms with Crippen molar-refractivity contribution in [3.63, 3.8) is 0 Å². The summed E-state index contributed by atoms with van der Waals surface area (Å²) in [5.74, 6) is -1.07. The first-order valence-electron chi connectivity index (χ1n) is 8.70. The van der Waals surface area contributed by atoms with E-state index in [0.717, 1.165) is 5.56 Å². The second-order valence-corrected chi connectivity index (χ2v) is 6.73. The highest BCUT2D eigenvalue weighted by molar-refractivity contribution is 5.98. The molecule has 0 saturated carbocycles. The van der Waals surface area contributed by atoms with Gasteiger partial charge in [-0.3, -0.25) is 14.9 Å². The van der Waals surface area contributed by atoms with Crippen LogP contribution in [0.25, 0.3) is 0 Å². The summed E-state index contributed by atoms with van der Waals surface area (Å²) in [6.45, 7) is 1.38. The number of nitrogens with one attached hydrogen (secondary N) is 3. The lowest BCUT2D eigenvalue weighted by Crippen LogP contribution is -2.52. The first kappa shape index (κ1) is 18.3. The van der Waals surface area contributed by atoms with Gasteiger partial charge in [0, 0.05) is 31.6 Å². The van der Waals surface area contributed by atoms with Gasteiger partial charge in [-0.1, -0.05) is 12.1 Å². The molecule has 0 aromatic heterocycles. The van der Waals surface area contributed by atoms with Crippen molar-refractivity contribution in [2.75, 3.05) is 19.8 Å². The molecular formula is C18H22FN3O4. The van der Waals surface area contributed by atoms with E-state index < -0.39 is 23.4 Å². The van der Waals surface area contributed by atoms with Gasteiger partial charge in [-0.25, -0.2) is 9.18 Å². The van der Waals surface area contributed by atoms with Gasteiger partial charge in [0.15, 0.2) is 0 Å². The number of rotatable bonds is 4. The summed E-state index contributed by atoms with van der Waals surface area (Å²) in [4.78, 5) is 35.5. The number of urea groups is 1. The van der Waals surface area contributed by atoms with Crippen molar-refractivity contribution in [3.05, 3.63) is 35.6 Å². The van der Waals surface area contributed by atoms with E-state index >= 15 is 0 Å². The molecule has 0 bridgehead atoms. The van der Waals surface area contributed by atoms with Crippen molar-refractivity contribution in [1.29, 1.82) is 0 Å². The summed E-state index contributed by atoms with van der Waals surface area (Å²) in [5.41, 5.74) is 0.404. The van der Waals surface area contributed by atoms with Crippen LogP contribution in [-0.4, -0.2) is 43.6 Å². The van der Waals surface area contributed by atoms with Crippen LogP contribution < -0.4 is 16.0 Å². The fourth-order valence-electron chi connectivity index (χ4n) is 3.46. The molecule has 3 N–H and O–H groups in total. The molecule has 1 atom stereocenters. The average molecular weight is 363 g/mol. The number of amides is 4. The summed E-state index contributed by atoms with van der Waals surface area (Å²) in [5, 5.41) is 7.51. The van der Waals surface area contributed by atoms with Crippen molar-refractivity contribution >= 4 is 17.8 Å². The van der Waals surface area contributed by atoms with E-state index in [4.69, 9.17) is 4.74 Å². The summed E-state index contributed by atoms with van der Waals surface area (Å²) in [6.07, 6.45) is 1.65. The third-order valence-electron chi connectivity index (χ3n) is 5.02. The number of halogens is 1. The van der Waals surface area contributed by atoms with Crippen LogP contribution in [0.5, 0.6) is 0 Å². The molecule has 3 rings (SSSR count). The third-order valence-corrected chi connectivity index (χ3v) is 5.02. The Balaban J connectivity index is 1.71. The van der Waals surface area contributed by atoms with E-state index in [1.165, 1.54) is 12.1 Å². The summed E-state index contributed by atoms with van der Waals surface area (Å²) in [6, 6.07) is 4.96. The fraction of sp³-hybridized carbons (Fsp3) is 0.500. The van der Waals surface area contributed by atoms with Gasteiger partial charge >= 0.3 is 6.03 Å². The molecule has 2 aliphatic rings. The Bertz CT molecular complexity index is 703. The monoisotopic (exact) mass is 363 g/mol. The van der Waals surface area contributed by atoms with Crippen LogP contribution in [0.3, 0.4) is 0 Å². The van der Waals surface area contributed by atoms with Crippen molar-refractivity contribution in [2.45, 2.75) is 37.1 Å². The molecule has 4 amide bonds. The lowest BCUT2D eigenvalue weighted by atomic mass is 9.74. The van der Waals surface area contributed by atoms with E-state index in [1.807, 2.05) is 6.07 Å². The van der Waals surface area contributed by atoms with E-state index in [1.54, 1.807) is 6.07 Å². The van der Waals surface area contributed by atoms with Crippen LogP contribution in [0, 0.1) is 5.82 Å². The highest BCUT2D eigenvalue weighted by atomic mass is 19.1. The zero-order chi connectivity index (χ0) is 18.6. The van der Waals surface area contributed by atoms with Gasteiger partial charge in [-0.05, 0) is 37.0 Å². The topological polar surface area (TPSA) is 96.5 Å². The minimum absolute atomic E-state index is 0.0969. The lowest BCUT2D eigenvalue weighted by molar-refractivity contribution is -0.123. The van der Waals surface area contributed by atoms with E-state index in [2.05, 4.69) is 16.0 Å². The molecule has 2 fully saturated rings. The maximum atomic E-state index is 13.7. The number of imide groups is 1. The molecule has 1 aromatic rings. The van der Waals surface area contributed by atoms with Crippen molar-refractivity contribution in [1.82, 2.24) is 16.0 Å². The van der Waals surface area contributed by atoms with Crippen LogP contribution >= 0.6 is 0 Å². The number of benzene rings is 1. The molecule has 26 heavy (non-hydrogen) atoms. The summed E-state index contributed by atoms with van der Waals surface area (Å²) in [7, 11) is 0. The summed E-state index contributed by atoms with van der Waals surface area (Å²) < 4.78 is 19.1. The third kappa shape index (κ3) is 4.19. The molecule has 2 aliphatic heterocycles. The lowest BCUT2D eigenvalue weighted by Gasteiger charge is -2.38. The largest absolute Gasteiger partial charge is 0.381 e. The standard InChI is InChI=1S/C18H22FN3O4/c19-13-3-1-2-12(10-13)18(6-8-26-9-7-18)11-20-16(24)14-4-5-15(23)22-17(25)21-14/h1-3,10,14H,4-9,11H2,(H,20,24)(H2,21,22,23,25)/t14-/m1/s1. The van der Waals surface area contributed by atoms with Gasteiger partial charge in [-0.2, -0.15) is 0 Å². The van der Waals surface area contributed by atoms with Crippen molar-refractivity contribution < 1.29 is 23.5 Å². The maximum Gasteiger partial charge on any atom is 0.322 e. The smallest absolute Gasteiger partial charge is 0.322 e. The highest BCUT2D eigenvalue weighted by Gasteiger charge is 2.36. The van der Waals surface area contributed by atoms with E-state index in [9.17, 15) is 18.8 Å². The van der Waals surface area contributed by atoms with Gasteiger partial charge in [0.25, 0.3) is 0 Å². The summed E-state index contributed by atoms with van der Waals surface area (Å²) >= 11 is 0. The molecule has 0 radical (unpaired) electrons. The van der Waals surface area contributed by atoms with Gasteiger partial charge < -0.3 is 15.4 Å². The van der Waals surface area contributed by atoms with Gasteiger partial charge in [-0.15, -0.1) is 0 Å². The Morgan fingerprint density at radius 3 is 2.81 bits per heavy atom. The minimum Gasteiger partial charge on any atom is -0.381 e. The van der Waals surface area contributed by atoms with Crippen LogP contribution in [0.15, 0.2) is 24.3 Å². The number of hydrogen-bond acceptors (Lipinski definition) is 4. The van der Waals surface area contributed by atoms with Crippen molar-refractivity contribution in [2.24, 2.45) is 0 Å². The second kappa shape index (κ2) is 7.82. The van der Waals surface area contributed by atoms with Gasteiger partial charge in [0.1, 0.15) is 11.9 Å². The van der Waals surface area contributed by atoms with Crippen molar-refractivity contribution in [3.8, 4) is 0 Å². The second-order valence-electron chi connectivity index (χ2n) is 6.73. The molecule has 2 heterocycles. The first-order chi connectivity index (χ1) is 12.5. The molecule has 0 unspecified atom stereocenters. The number of ether oxygens (including phenoxy) is 1. The first-order valence-corrected chi connectivity index (χ1v) is 8.70. The predicted octanol–water partition coefficient (Wildman–Crippen LogP) is 0.978. The number of carbonyl (C=O) groups is 3. The zero-order valence-corrected chi connectivity index (χ0v) is 14.3. The Morgan fingerprint density at radius 1 is 1.31 bits per heavy atom. The van der Waals surface area contributed by atoms with Crippen LogP contribution in [-0.2, 0) is 19.7 Å². The molecule has 0 spiro atoms. The Morgan fingerprint density at radius 2 is 2.08 bits per heavy atom. The molecule has 0 aliphatic carbocycles. The minimum atomic E-state index is -0.772. The normalized spacial score (nSPS) is 22.7. The zero-order valence-electron chi connectivity index (χ0n) is 14.3.